The number of likely N-dealkylation sites (tertiary alicyclic amines) is 1. The lowest BCUT2D eigenvalue weighted by Gasteiger charge is -2.31. The molecule has 0 spiro atoms. The first-order valence-corrected chi connectivity index (χ1v) is 11.8. The standard InChI is InChI=1S/C24H23ClN6O2S/c25-18-10-11-21(26-14-18)27-23(32)17-6-4-12-29(15-17)16-30-24(34)31(19-7-2-1-3-8-19)22(28-30)20-9-5-13-33-20/h1-3,5,7-11,13-14,17H,4,6,12,15-16H2,(H,26,27,32)/t17-/m0/s1. The minimum absolute atomic E-state index is 0.0470. The van der Waals surface area contributed by atoms with Gasteiger partial charge in [0.2, 0.25) is 16.5 Å². The Hall–Kier alpha value is -3.27. The molecule has 1 saturated heterocycles. The van der Waals surface area contributed by atoms with Gasteiger partial charge in [0.1, 0.15) is 5.82 Å². The van der Waals surface area contributed by atoms with Crippen LogP contribution in [0, 0.1) is 10.7 Å². The van der Waals surface area contributed by atoms with E-state index < -0.39 is 0 Å². The zero-order chi connectivity index (χ0) is 23.5. The summed E-state index contributed by atoms with van der Waals surface area (Å²) in [5.41, 5.74) is 0.913. The van der Waals surface area contributed by atoms with Crippen LogP contribution in [-0.4, -0.2) is 43.2 Å². The van der Waals surface area contributed by atoms with Crippen LogP contribution in [0.3, 0.4) is 0 Å². The van der Waals surface area contributed by atoms with Crippen LogP contribution in [0.4, 0.5) is 5.82 Å². The third kappa shape index (κ3) is 4.82. The van der Waals surface area contributed by atoms with Gasteiger partial charge in [-0.05, 0) is 68.0 Å². The molecule has 8 nitrogen and oxygen atoms in total. The smallest absolute Gasteiger partial charge is 0.229 e. The molecule has 0 saturated carbocycles. The highest BCUT2D eigenvalue weighted by atomic mass is 35.5. The summed E-state index contributed by atoms with van der Waals surface area (Å²) in [6.45, 7) is 1.95. The molecule has 1 aromatic carbocycles. The van der Waals surface area contributed by atoms with Crippen LogP contribution in [0.15, 0.2) is 71.5 Å². The van der Waals surface area contributed by atoms with Crippen LogP contribution in [0.1, 0.15) is 12.8 Å². The highest BCUT2D eigenvalue weighted by Crippen LogP contribution is 2.24. The summed E-state index contributed by atoms with van der Waals surface area (Å²) in [7, 11) is 0. The van der Waals surface area contributed by atoms with Crippen LogP contribution in [0.5, 0.6) is 0 Å². The molecular formula is C24H23ClN6O2S. The van der Waals surface area contributed by atoms with E-state index in [0.717, 1.165) is 25.1 Å². The van der Waals surface area contributed by atoms with Gasteiger partial charge in [-0.2, -0.15) is 0 Å². The highest BCUT2D eigenvalue weighted by Gasteiger charge is 2.27. The van der Waals surface area contributed by atoms with Crippen LogP contribution in [0.2, 0.25) is 5.02 Å². The number of piperidine rings is 1. The second-order valence-electron chi connectivity index (χ2n) is 8.16. The van der Waals surface area contributed by atoms with Crippen molar-refractivity contribution in [1.29, 1.82) is 0 Å². The number of carbonyl (C=O) groups is 1. The summed E-state index contributed by atoms with van der Waals surface area (Å²) in [4.78, 5) is 19.2. The molecule has 1 aliphatic heterocycles. The second kappa shape index (κ2) is 9.92. The van der Waals surface area contributed by atoms with Gasteiger partial charge < -0.3 is 9.73 Å². The summed E-state index contributed by atoms with van der Waals surface area (Å²) in [5, 5.41) is 8.21. The van der Waals surface area contributed by atoms with Crippen molar-refractivity contribution in [2.24, 2.45) is 5.92 Å². The Morgan fingerprint density at radius 1 is 1.18 bits per heavy atom. The zero-order valence-corrected chi connectivity index (χ0v) is 19.9. The molecule has 0 radical (unpaired) electrons. The average molecular weight is 495 g/mol. The van der Waals surface area contributed by atoms with Crippen molar-refractivity contribution in [3.8, 4) is 17.3 Å². The van der Waals surface area contributed by atoms with E-state index in [-0.39, 0.29) is 11.8 Å². The lowest BCUT2D eigenvalue weighted by atomic mass is 9.97. The predicted octanol–water partition coefficient (Wildman–Crippen LogP) is 5.02. The van der Waals surface area contributed by atoms with E-state index in [1.54, 1.807) is 23.1 Å². The number of nitrogens with zero attached hydrogens (tertiary/aromatic N) is 5. The molecule has 10 heteroatoms. The van der Waals surface area contributed by atoms with Crippen molar-refractivity contribution in [1.82, 2.24) is 24.2 Å². The Labute approximate surface area is 206 Å². The number of halogens is 1. The van der Waals surface area contributed by atoms with Crippen LogP contribution in [-0.2, 0) is 11.5 Å². The minimum Gasteiger partial charge on any atom is -0.461 e. The molecule has 174 valence electrons. The molecule has 3 aromatic heterocycles. The fraction of sp³-hybridized carbons (Fsp3) is 0.250. The van der Waals surface area contributed by atoms with Gasteiger partial charge in [-0.15, -0.1) is 5.10 Å². The van der Waals surface area contributed by atoms with Gasteiger partial charge in [0, 0.05) is 12.7 Å². The monoisotopic (exact) mass is 494 g/mol. The Kier molecular flexibility index (Phi) is 6.57. The molecule has 0 aliphatic carbocycles. The van der Waals surface area contributed by atoms with Crippen LogP contribution in [0.25, 0.3) is 17.3 Å². The van der Waals surface area contributed by atoms with Crippen molar-refractivity contribution in [3.63, 3.8) is 0 Å². The number of hydrogen-bond acceptors (Lipinski definition) is 6. The van der Waals surface area contributed by atoms with Gasteiger partial charge in [-0.1, -0.05) is 29.8 Å². The molecular weight excluding hydrogens is 472 g/mol. The average Bonchev–Trinajstić information content (AvgIpc) is 3.50. The second-order valence-corrected chi connectivity index (χ2v) is 8.96. The number of nitrogens with one attached hydrogen (secondary N) is 1. The van der Waals surface area contributed by atoms with Crippen LogP contribution >= 0.6 is 23.8 Å². The number of carbonyl (C=O) groups excluding carboxylic acids is 1. The number of amides is 1. The largest absolute Gasteiger partial charge is 0.461 e. The van der Waals surface area contributed by atoms with Crippen LogP contribution < -0.4 is 5.32 Å². The van der Waals surface area contributed by atoms with Gasteiger partial charge in [0.15, 0.2) is 5.76 Å². The number of furan rings is 1. The normalized spacial score (nSPS) is 16.4. The SMILES string of the molecule is O=C(Nc1ccc(Cl)cn1)[C@H]1CCCN(Cn2nc(-c3ccco3)n(-c3ccccc3)c2=S)C1. The quantitative estimate of drug-likeness (QED) is 0.379. The Morgan fingerprint density at radius 2 is 2.03 bits per heavy atom. The van der Waals surface area contributed by atoms with Crippen molar-refractivity contribution < 1.29 is 9.21 Å². The van der Waals surface area contributed by atoms with E-state index >= 15 is 0 Å². The van der Waals surface area contributed by atoms with Gasteiger partial charge in [0.05, 0.1) is 29.6 Å². The van der Waals surface area contributed by atoms with Gasteiger partial charge in [-0.3, -0.25) is 14.3 Å². The summed E-state index contributed by atoms with van der Waals surface area (Å²) >= 11 is 11.7. The Bertz CT molecular complexity index is 1320. The number of rotatable bonds is 6. The van der Waals surface area contributed by atoms with Crippen molar-refractivity contribution >= 4 is 35.5 Å². The first-order valence-electron chi connectivity index (χ1n) is 11.0. The third-order valence-electron chi connectivity index (χ3n) is 5.78. The highest BCUT2D eigenvalue weighted by molar-refractivity contribution is 7.71. The van der Waals surface area contributed by atoms with E-state index in [4.69, 9.17) is 33.3 Å². The maximum atomic E-state index is 12.8. The molecule has 1 fully saturated rings. The molecule has 1 amide bonds. The summed E-state index contributed by atoms with van der Waals surface area (Å²) < 4.78 is 9.90. The topological polar surface area (TPSA) is 81.1 Å². The number of para-hydroxylation sites is 1. The molecule has 34 heavy (non-hydrogen) atoms. The zero-order valence-electron chi connectivity index (χ0n) is 18.3. The predicted molar refractivity (Wildman–Crippen MR) is 132 cm³/mol. The van der Waals surface area contributed by atoms with Crippen molar-refractivity contribution in [2.45, 2.75) is 19.5 Å². The first-order chi connectivity index (χ1) is 16.6. The number of pyridine rings is 1. The number of hydrogen-bond donors (Lipinski definition) is 1. The van der Waals surface area contributed by atoms with Crippen molar-refractivity contribution in [3.05, 3.63) is 76.9 Å². The minimum atomic E-state index is -0.152. The maximum Gasteiger partial charge on any atom is 0.229 e. The summed E-state index contributed by atoms with van der Waals surface area (Å²) in [5.74, 6) is 1.58. The molecule has 0 unspecified atom stereocenters. The molecule has 1 aliphatic rings. The lowest BCUT2D eigenvalue weighted by Crippen LogP contribution is -2.41. The molecule has 5 rings (SSSR count). The molecule has 1 N–H and O–H groups in total. The fourth-order valence-corrected chi connectivity index (χ4v) is 4.54. The number of anilines is 1. The lowest BCUT2D eigenvalue weighted by molar-refractivity contribution is -0.121. The molecule has 1 atom stereocenters. The van der Waals surface area contributed by atoms with E-state index in [1.807, 2.05) is 47.0 Å². The van der Waals surface area contributed by atoms with E-state index in [1.165, 1.54) is 6.20 Å². The Morgan fingerprint density at radius 3 is 2.76 bits per heavy atom. The first kappa shape index (κ1) is 22.5. The summed E-state index contributed by atoms with van der Waals surface area (Å²) in [6.07, 6.45) is 4.86. The Balaban J connectivity index is 1.35. The van der Waals surface area contributed by atoms with Crippen molar-refractivity contribution in [2.75, 3.05) is 18.4 Å². The number of aromatic nitrogens is 4. The molecule has 4 heterocycles. The molecule has 4 aromatic rings. The number of benzene rings is 1. The fourth-order valence-electron chi connectivity index (χ4n) is 4.14. The van der Waals surface area contributed by atoms with E-state index in [9.17, 15) is 4.79 Å². The maximum absolute atomic E-state index is 12.8. The summed E-state index contributed by atoms with van der Waals surface area (Å²) in [6, 6.07) is 17.0. The van der Waals surface area contributed by atoms with E-state index in [2.05, 4.69) is 15.2 Å². The third-order valence-corrected chi connectivity index (χ3v) is 6.40. The molecule has 0 bridgehead atoms. The van der Waals surface area contributed by atoms with Gasteiger partial charge >= 0.3 is 0 Å². The van der Waals surface area contributed by atoms with Gasteiger partial charge in [0.25, 0.3) is 0 Å². The van der Waals surface area contributed by atoms with E-state index in [0.29, 0.717) is 40.4 Å². The van der Waals surface area contributed by atoms with Gasteiger partial charge in [-0.25, -0.2) is 9.67 Å².